The van der Waals surface area contributed by atoms with E-state index >= 15 is 0 Å². The Morgan fingerprint density at radius 3 is 2.82 bits per heavy atom. The molecule has 0 radical (unpaired) electrons. The lowest BCUT2D eigenvalue weighted by molar-refractivity contribution is 0.341. The van der Waals surface area contributed by atoms with Crippen LogP contribution in [0.4, 0.5) is 9.52 Å². The van der Waals surface area contributed by atoms with Crippen LogP contribution in [0.3, 0.4) is 0 Å². The molecule has 0 saturated heterocycles. The van der Waals surface area contributed by atoms with Crippen molar-refractivity contribution in [3.8, 4) is 11.4 Å². The number of ether oxygens (including phenoxy) is 1. The van der Waals surface area contributed by atoms with Gasteiger partial charge in [-0.1, -0.05) is 11.3 Å². The van der Waals surface area contributed by atoms with Crippen LogP contribution in [0.2, 0.25) is 0 Å². The molecule has 2 heterocycles. The van der Waals surface area contributed by atoms with Gasteiger partial charge < -0.3 is 4.74 Å². The molecule has 0 fully saturated rings. The zero-order valence-corrected chi connectivity index (χ0v) is 16.1. The number of aromatic nitrogens is 3. The second kappa shape index (κ2) is 7.40. The van der Waals surface area contributed by atoms with Crippen molar-refractivity contribution in [2.75, 3.05) is 6.61 Å². The van der Waals surface area contributed by atoms with Crippen molar-refractivity contribution < 1.29 is 9.13 Å². The maximum absolute atomic E-state index is 13.1. The normalized spacial score (nSPS) is 11.5. The van der Waals surface area contributed by atoms with Crippen molar-refractivity contribution in [1.82, 2.24) is 14.8 Å². The minimum atomic E-state index is -0.356. The van der Waals surface area contributed by atoms with Gasteiger partial charge in [-0.05, 0) is 56.3 Å². The fourth-order valence-corrected chi connectivity index (χ4v) is 3.65. The molecular weight excluding hydrogens is 379 g/mol. The van der Waals surface area contributed by atoms with Crippen LogP contribution >= 0.6 is 11.3 Å². The molecule has 6 nitrogen and oxygen atoms in total. The third kappa shape index (κ3) is 3.46. The van der Waals surface area contributed by atoms with Crippen molar-refractivity contribution >= 4 is 32.9 Å². The molecule has 0 saturated carbocycles. The Labute approximate surface area is 163 Å². The molecule has 1 N–H and O–H groups in total. The number of nitrogens with one attached hydrogen (secondary N) is 1. The maximum Gasteiger partial charge on any atom is 0.280 e. The van der Waals surface area contributed by atoms with E-state index in [1.54, 1.807) is 6.92 Å². The van der Waals surface area contributed by atoms with Crippen molar-refractivity contribution in [3.63, 3.8) is 0 Å². The molecule has 142 valence electrons. The van der Waals surface area contributed by atoms with Gasteiger partial charge in [-0.3, -0.25) is 9.89 Å². The Morgan fingerprint density at radius 1 is 1.29 bits per heavy atom. The van der Waals surface area contributed by atoms with Gasteiger partial charge in [0.15, 0.2) is 0 Å². The molecule has 4 rings (SSSR count). The molecule has 0 aliphatic heterocycles. The zero-order valence-electron chi connectivity index (χ0n) is 15.3. The summed E-state index contributed by atoms with van der Waals surface area (Å²) in [7, 11) is 0. The van der Waals surface area contributed by atoms with Gasteiger partial charge in [0.2, 0.25) is 5.13 Å². The number of thiazole rings is 1. The fourth-order valence-electron chi connectivity index (χ4n) is 2.81. The SMILES string of the molecule is CCOc1ccc2nc(N=Cc3c(C)[nH]n(-c4ccc(F)cc4)c3=O)sc2c1. The first kappa shape index (κ1) is 18.1. The van der Waals surface area contributed by atoms with Crippen molar-refractivity contribution in [2.45, 2.75) is 13.8 Å². The molecule has 0 aliphatic carbocycles. The van der Waals surface area contributed by atoms with Crippen LogP contribution < -0.4 is 10.3 Å². The summed E-state index contributed by atoms with van der Waals surface area (Å²) in [5.41, 5.74) is 2.22. The number of nitrogens with zero attached hydrogens (tertiary/aromatic N) is 3. The second-order valence-electron chi connectivity index (χ2n) is 6.08. The molecule has 0 amide bonds. The van der Waals surface area contributed by atoms with Gasteiger partial charge in [-0.15, -0.1) is 0 Å². The van der Waals surface area contributed by atoms with Crippen LogP contribution in [0.5, 0.6) is 5.75 Å². The lowest BCUT2D eigenvalue weighted by Gasteiger charge is -2.00. The molecule has 28 heavy (non-hydrogen) atoms. The smallest absolute Gasteiger partial charge is 0.280 e. The number of rotatable bonds is 5. The Kier molecular flexibility index (Phi) is 4.79. The maximum atomic E-state index is 13.1. The van der Waals surface area contributed by atoms with Gasteiger partial charge in [0.1, 0.15) is 11.6 Å². The van der Waals surface area contributed by atoms with E-state index in [-0.39, 0.29) is 11.4 Å². The third-order valence-corrected chi connectivity index (χ3v) is 5.09. The average molecular weight is 396 g/mol. The Bertz CT molecular complexity index is 1220. The van der Waals surface area contributed by atoms with Crippen LogP contribution in [0.1, 0.15) is 18.2 Å². The Hall–Kier alpha value is -3.26. The highest BCUT2D eigenvalue weighted by Gasteiger charge is 2.11. The minimum Gasteiger partial charge on any atom is -0.494 e. The van der Waals surface area contributed by atoms with E-state index in [0.717, 1.165) is 16.0 Å². The summed E-state index contributed by atoms with van der Waals surface area (Å²) < 4.78 is 21.0. The van der Waals surface area contributed by atoms with Crippen LogP contribution in [0, 0.1) is 12.7 Å². The summed E-state index contributed by atoms with van der Waals surface area (Å²) >= 11 is 1.42. The summed E-state index contributed by atoms with van der Waals surface area (Å²) in [6, 6.07) is 11.4. The molecule has 0 bridgehead atoms. The minimum absolute atomic E-state index is 0.257. The topological polar surface area (TPSA) is 72.3 Å². The average Bonchev–Trinajstić information content (AvgIpc) is 3.21. The first-order valence-corrected chi connectivity index (χ1v) is 9.52. The zero-order chi connectivity index (χ0) is 19.7. The lowest BCUT2D eigenvalue weighted by Crippen LogP contribution is -2.17. The summed E-state index contributed by atoms with van der Waals surface area (Å²) in [5.74, 6) is 0.433. The molecule has 0 atom stereocenters. The molecule has 2 aromatic carbocycles. The fraction of sp³-hybridized carbons (Fsp3) is 0.150. The summed E-state index contributed by atoms with van der Waals surface area (Å²) in [4.78, 5) is 21.5. The number of aryl methyl sites for hydroxylation is 1. The van der Waals surface area contributed by atoms with E-state index in [1.165, 1.54) is 46.5 Å². The lowest BCUT2D eigenvalue weighted by atomic mass is 10.3. The van der Waals surface area contributed by atoms with Gasteiger partial charge in [0.25, 0.3) is 5.56 Å². The highest BCUT2D eigenvalue weighted by Crippen LogP contribution is 2.30. The van der Waals surface area contributed by atoms with E-state index in [4.69, 9.17) is 4.74 Å². The standard InChI is InChI=1S/C20H17FN4O2S/c1-3-27-15-8-9-17-18(10-15)28-20(23-17)22-11-16-12(2)24-25(19(16)26)14-6-4-13(21)5-7-14/h4-11,24H,3H2,1-2H3. The van der Waals surface area contributed by atoms with Crippen LogP contribution in [0.25, 0.3) is 15.9 Å². The van der Waals surface area contributed by atoms with Crippen molar-refractivity contribution in [2.24, 2.45) is 4.99 Å². The number of hydrogen-bond acceptors (Lipinski definition) is 5. The monoisotopic (exact) mass is 396 g/mol. The predicted molar refractivity (Wildman–Crippen MR) is 109 cm³/mol. The van der Waals surface area contributed by atoms with Crippen LogP contribution in [-0.4, -0.2) is 27.6 Å². The molecule has 2 aromatic heterocycles. The van der Waals surface area contributed by atoms with Gasteiger partial charge in [0, 0.05) is 11.9 Å². The summed E-state index contributed by atoms with van der Waals surface area (Å²) in [6.07, 6.45) is 1.51. The quantitative estimate of drug-likeness (QED) is 0.509. The number of benzene rings is 2. The first-order chi connectivity index (χ1) is 13.5. The Morgan fingerprint density at radius 2 is 2.07 bits per heavy atom. The number of aliphatic imine (C=N–C) groups is 1. The molecule has 4 aromatic rings. The van der Waals surface area contributed by atoms with Gasteiger partial charge in [0.05, 0.1) is 28.1 Å². The van der Waals surface area contributed by atoms with Crippen molar-refractivity contribution in [1.29, 1.82) is 0 Å². The van der Waals surface area contributed by atoms with E-state index in [1.807, 2.05) is 25.1 Å². The number of fused-ring (bicyclic) bond motifs is 1. The summed E-state index contributed by atoms with van der Waals surface area (Å²) in [5, 5.41) is 3.54. The van der Waals surface area contributed by atoms with E-state index in [9.17, 15) is 9.18 Å². The first-order valence-electron chi connectivity index (χ1n) is 8.70. The second-order valence-corrected chi connectivity index (χ2v) is 7.09. The van der Waals surface area contributed by atoms with Crippen molar-refractivity contribution in [3.05, 3.63) is 69.9 Å². The van der Waals surface area contributed by atoms with E-state index in [0.29, 0.717) is 28.7 Å². The van der Waals surface area contributed by atoms with E-state index in [2.05, 4.69) is 15.1 Å². The van der Waals surface area contributed by atoms with E-state index < -0.39 is 0 Å². The number of hydrogen-bond donors (Lipinski definition) is 1. The number of aromatic amines is 1. The van der Waals surface area contributed by atoms with Crippen LogP contribution in [0.15, 0.2) is 52.3 Å². The number of halogens is 1. The number of H-pyrrole nitrogens is 1. The highest BCUT2D eigenvalue weighted by molar-refractivity contribution is 7.22. The Balaban J connectivity index is 1.65. The third-order valence-electron chi connectivity index (χ3n) is 4.17. The largest absolute Gasteiger partial charge is 0.494 e. The molecule has 0 aliphatic rings. The summed E-state index contributed by atoms with van der Waals surface area (Å²) in [6.45, 7) is 4.32. The van der Waals surface area contributed by atoms with Gasteiger partial charge in [-0.2, -0.15) is 0 Å². The van der Waals surface area contributed by atoms with Gasteiger partial charge in [-0.25, -0.2) is 19.0 Å². The van der Waals surface area contributed by atoms with Crippen LogP contribution in [-0.2, 0) is 0 Å². The molecule has 8 heteroatoms. The molecule has 0 spiro atoms. The highest BCUT2D eigenvalue weighted by atomic mass is 32.1. The molecular formula is C20H17FN4O2S. The molecule has 0 unspecified atom stereocenters. The predicted octanol–water partition coefficient (Wildman–Crippen LogP) is 4.37. The van der Waals surface area contributed by atoms with Gasteiger partial charge >= 0.3 is 0 Å².